The van der Waals surface area contributed by atoms with Gasteiger partial charge >= 0.3 is 0 Å². The summed E-state index contributed by atoms with van der Waals surface area (Å²) in [5.41, 5.74) is 0.970. The molecule has 0 radical (unpaired) electrons. The molecule has 1 rings (SSSR count). The topological polar surface area (TPSA) is 74.1 Å². The lowest BCUT2D eigenvalue weighted by molar-refractivity contribution is -0.117. The highest BCUT2D eigenvalue weighted by Crippen LogP contribution is 2.09. The minimum atomic E-state index is -0.404. The first-order valence-electron chi connectivity index (χ1n) is 8.11. The van der Waals surface area contributed by atoms with Gasteiger partial charge in [0.05, 0.1) is 0 Å². The Morgan fingerprint density at radius 2 is 2.00 bits per heavy atom. The molecule has 0 saturated heterocycles. The summed E-state index contributed by atoms with van der Waals surface area (Å²) in [5.74, 6) is -0.404. The van der Waals surface area contributed by atoms with Gasteiger partial charge in [0, 0.05) is 37.5 Å². The molecular formula is C18H24ClN3O2. The van der Waals surface area contributed by atoms with Gasteiger partial charge in [-0.3, -0.25) is 4.79 Å². The van der Waals surface area contributed by atoms with Gasteiger partial charge in [-0.25, -0.2) is 0 Å². The van der Waals surface area contributed by atoms with Crippen LogP contribution in [0.2, 0.25) is 5.02 Å². The lowest BCUT2D eigenvalue weighted by atomic mass is 10.2. The van der Waals surface area contributed by atoms with Crippen molar-refractivity contribution in [1.29, 1.82) is 5.26 Å². The predicted molar refractivity (Wildman–Crippen MR) is 95.3 cm³/mol. The van der Waals surface area contributed by atoms with Crippen LogP contribution < -0.4 is 10.6 Å². The maximum atomic E-state index is 12.0. The van der Waals surface area contributed by atoms with Gasteiger partial charge in [0.15, 0.2) is 0 Å². The summed E-state index contributed by atoms with van der Waals surface area (Å²) in [6.45, 7) is 4.58. The van der Waals surface area contributed by atoms with E-state index in [1.165, 1.54) is 6.20 Å². The average Bonchev–Trinajstić information content (AvgIpc) is 2.60. The molecule has 0 fully saturated rings. The zero-order valence-electron chi connectivity index (χ0n) is 14.0. The van der Waals surface area contributed by atoms with E-state index in [9.17, 15) is 4.79 Å². The highest BCUT2D eigenvalue weighted by atomic mass is 35.5. The number of carbonyl (C=O) groups is 1. The summed E-state index contributed by atoms with van der Waals surface area (Å²) >= 11 is 5.81. The Hall–Kier alpha value is -2.03. The number of nitrogens with one attached hydrogen (secondary N) is 2. The summed E-state index contributed by atoms with van der Waals surface area (Å²) in [7, 11) is 0. The van der Waals surface area contributed by atoms with E-state index in [0.717, 1.165) is 31.4 Å². The van der Waals surface area contributed by atoms with Gasteiger partial charge in [-0.2, -0.15) is 5.26 Å². The Bertz CT molecular complexity index is 565. The van der Waals surface area contributed by atoms with Crippen LogP contribution >= 0.6 is 11.6 Å². The second-order valence-corrected chi connectivity index (χ2v) is 5.69. The van der Waals surface area contributed by atoms with Crippen molar-refractivity contribution in [3.05, 3.63) is 46.6 Å². The fourth-order valence-corrected chi connectivity index (χ4v) is 1.95. The van der Waals surface area contributed by atoms with Crippen LogP contribution in [-0.4, -0.2) is 25.7 Å². The molecule has 0 bridgehead atoms. The number of carbonyl (C=O) groups excluding carboxylic acids is 1. The highest BCUT2D eigenvalue weighted by Gasteiger charge is 2.08. The van der Waals surface area contributed by atoms with Crippen LogP contribution in [0.5, 0.6) is 0 Å². The molecule has 130 valence electrons. The molecule has 24 heavy (non-hydrogen) atoms. The Labute approximate surface area is 148 Å². The van der Waals surface area contributed by atoms with Gasteiger partial charge in [0.1, 0.15) is 11.6 Å². The lowest BCUT2D eigenvalue weighted by Gasteiger charge is -2.06. The molecule has 1 aromatic rings. The van der Waals surface area contributed by atoms with Crippen LogP contribution in [0.4, 0.5) is 0 Å². The number of rotatable bonds is 11. The van der Waals surface area contributed by atoms with Crippen molar-refractivity contribution in [3.8, 4) is 6.07 Å². The van der Waals surface area contributed by atoms with Crippen LogP contribution in [0.1, 0.15) is 31.7 Å². The van der Waals surface area contributed by atoms with E-state index in [-0.39, 0.29) is 5.57 Å². The maximum Gasteiger partial charge on any atom is 0.263 e. The molecule has 0 unspecified atom stereocenters. The Balaban J connectivity index is 2.27. The quantitative estimate of drug-likeness (QED) is 0.365. The number of amides is 1. The maximum absolute atomic E-state index is 12.0. The predicted octanol–water partition coefficient (Wildman–Crippen LogP) is 3.16. The van der Waals surface area contributed by atoms with Crippen molar-refractivity contribution in [2.24, 2.45) is 0 Å². The van der Waals surface area contributed by atoms with E-state index in [1.54, 1.807) is 12.1 Å². The van der Waals surface area contributed by atoms with Crippen molar-refractivity contribution in [2.45, 2.75) is 32.7 Å². The smallest absolute Gasteiger partial charge is 0.263 e. The van der Waals surface area contributed by atoms with Gasteiger partial charge < -0.3 is 15.4 Å². The molecule has 0 aromatic heterocycles. The summed E-state index contributed by atoms with van der Waals surface area (Å²) in [6.07, 6.45) is 4.46. The standard InChI is InChI=1S/C18H24ClN3O2/c1-2-3-10-24-11-4-9-21-14-16(12-20)18(23)22-13-15-5-7-17(19)8-6-15/h5-8,14,21H,2-4,9-11,13H2,1H3,(H,22,23)/b16-14-. The van der Waals surface area contributed by atoms with E-state index in [2.05, 4.69) is 17.6 Å². The monoisotopic (exact) mass is 349 g/mol. The van der Waals surface area contributed by atoms with Crippen molar-refractivity contribution in [2.75, 3.05) is 19.8 Å². The largest absolute Gasteiger partial charge is 0.390 e. The highest BCUT2D eigenvalue weighted by molar-refractivity contribution is 6.30. The van der Waals surface area contributed by atoms with Gasteiger partial charge in [-0.15, -0.1) is 0 Å². The third-order valence-electron chi connectivity index (χ3n) is 3.23. The van der Waals surface area contributed by atoms with Crippen LogP contribution in [0, 0.1) is 11.3 Å². The van der Waals surface area contributed by atoms with Crippen molar-refractivity contribution < 1.29 is 9.53 Å². The average molecular weight is 350 g/mol. The van der Waals surface area contributed by atoms with Gasteiger partial charge in [0.2, 0.25) is 0 Å². The molecule has 2 N–H and O–H groups in total. The van der Waals surface area contributed by atoms with E-state index in [1.807, 2.05) is 18.2 Å². The molecule has 1 amide bonds. The molecule has 1 aromatic carbocycles. The lowest BCUT2D eigenvalue weighted by Crippen LogP contribution is -2.25. The zero-order valence-corrected chi connectivity index (χ0v) is 14.7. The number of halogens is 1. The van der Waals surface area contributed by atoms with Crippen LogP contribution in [-0.2, 0) is 16.1 Å². The summed E-state index contributed by atoms with van der Waals surface area (Å²) in [4.78, 5) is 12.0. The second-order valence-electron chi connectivity index (χ2n) is 5.25. The van der Waals surface area contributed by atoms with Gasteiger partial charge in [-0.1, -0.05) is 37.1 Å². The van der Waals surface area contributed by atoms with Crippen molar-refractivity contribution >= 4 is 17.5 Å². The SMILES string of the molecule is CCCCOCCCN/C=C(/C#N)C(=O)NCc1ccc(Cl)cc1. The first-order valence-corrected chi connectivity index (χ1v) is 8.49. The molecule has 5 nitrogen and oxygen atoms in total. The Morgan fingerprint density at radius 3 is 2.67 bits per heavy atom. The molecular weight excluding hydrogens is 326 g/mol. The number of unbranched alkanes of at least 4 members (excludes halogenated alkanes) is 1. The van der Waals surface area contributed by atoms with Gasteiger partial charge in [-0.05, 0) is 30.5 Å². The molecule has 0 aliphatic heterocycles. The number of ether oxygens (including phenoxy) is 1. The zero-order chi connectivity index (χ0) is 17.6. The van der Waals surface area contributed by atoms with E-state index < -0.39 is 5.91 Å². The van der Waals surface area contributed by atoms with Gasteiger partial charge in [0.25, 0.3) is 5.91 Å². The number of nitrogens with zero attached hydrogens (tertiary/aromatic N) is 1. The number of hydrogen-bond acceptors (Lipinski definition) is 4. The second kappa shape index (κ2) is 12.4. The minimum Gasteiger partial charge on any atom is -0.390 e. The normalized spacial score (nSPS) is 11.0. The third-order valence-corrected chi connectivity index (χ3v) is 3.48. The van der Waals surface area contributed by atoms with E-state index >= 15 is 0 Å². The fraction of sp³-hybridized carbons (Fsp3) is 0.444. The Morgan fingerprint density at radius 1 is 1.29 bits per heavy atom. The summed E-state index contributed by atoms with van der Waals surface area (Å²) < 4.78 is 5.44. The van der Waals surface area contributed by atoms with Crippen LogP contribution in [0.15, 0.2) is 36.0 Å². The molecule has 0 aliphatic carbocycles. The molecule has 0 spiro atoms. The molecule has 0 aliphatic rings. The molecule has 0 atom stereocenters. The first kappa shape index (κ1) is 20.0. The third kappa shape index (κ3) is 8.56. The van der Waals surface area contributed by atoms with Crippen molar-refractivity contribution in [3.63, 3.8) is 0 Å². The first-order chi connectivity index (χ1) is 11.7. The fourth-order valence-electron chi connectivity index (χ4n) is 1.83. The molecule has 6 heteroatoms. The number of benzene rings is 1. The molecule has 0 saturated carbocycles. The summed E-state index contributed by atoms with van der Waals surface area (Å²) in [6, 6.07) is 9.07. The van der Waals surface area contributed by atoms with Crippen LogP contribution in [0.25, 0.3) is 0 Å². The number of hydrogen-bond donors (Lipinski definition) is 2. The van der Waals surface area contributed by atoms with E-state index in [4.69, 9.17) is 21.6 Å². The van der Waals surface area contributed by atoms with E-state index in [0.29, 0.717) is 24.7 Å². The van der Waals surface area contributed by atoms with Crippen molar-refractivity contribution in [1.82, 2.24) is 10.6 Å². The minimum absolute atomic E-state index is 0.0517. The number of nitriles is 1. The molecule has 0 heterocycles. The summed E-state index contributed by atoms with van der Waals surface area (Å²) in [5, 5.41) is 15.4. The van der Waals surface area contributed by atoms with Crippen LogP contribution in [0.3, 0.4) is 0 Å². The Kier molecular flexibility index (Phi) is 10.3.